The molecule has 1 heterocycles. The molecule has 0 radical (unpaired) electrons. The third kappa shape index (κ3) is 1.18. The Bertz CT molecular complexity index is 432. The van der Waals surface area contributed by atoms with Crippen LogP contribution in [0.5, 0.6) is 0 Å². The lowest BCUT2D eigenvalue weighted by atomic mass is 9.49. The van der Waals surface area contributed by atoms with Gasteiger partial charge in [0.1, 0.15) is 23.3 Å². The lowest BCUT2D eigenvalue weighted by Gasteiger charge is -2.51. The van der Waals surface area contributed by atoms with E-state index in [9.17, 15) is 14.7 Å². The second kappa shape index (κ2) is 3.42. The van der Waals surface area contributed by atoms with Crippen molar-refractivity contribution in [2.75, 3.05) is 0 Å². The number of hydrogen-bond acceptors (Lipinski definition) is 4. The largest absolute Gasteiger partial charge is 0.390 e. The molecule has 18 heavy (non-hydrogen) atoms. The summed E-state index contributed by atoms with van der Waals surface area (Å²) < 4.78 is 5.83. The molecule has 1 aliphatic heterocycles. The van der Waals surface area contributed by atoms with E-state index < -0.39 is 23.0 Å². The first-order valence-corrected chi connectivity index (χ1v) is 6.73. The van der Waals surface area contributed by atoms with Crippen LogP contribution in [-0.4, -0.2) is 34.5 Å². The molecule has 0 unspecified atom stereocenters. The average molecular weight is 252 g/mol. The first kappa shape index (κ1) is 12.3. The predicted molar refractivity (Wildman–Crippen MR) is 63.9 cm³/mol. The number of aliphatic hydroxyl groups excluding tert-OH is 1. The number of carbonyl (C=O) groups is 2. The molecular weight excluding hydrogens is 232 g/mol. The van der Waals surface area contributed by atoms with Crippen LogP contribution in [0, 0.1) is 17.3 Å². The number of carbonyl (C=O) groups excluding carboxylic acids is 2. The monoisotopic (exact) mass is 252 g/mol. The molecule has 2 aliphatic carbocycles. The van der Waals surface area contributed by atoms with Crippen LogP contribution in [-0.2, 0) is 14.3 Å². The molecule has 2 saturated carbocycles. The zero-order valence-electron chi connectivity index (χ0n) is 11.1. The summed E-state index contributed by atoms with van der Waals surface area (Å²) in [6.45, 7) is 5.53. The van der Waals surface area contributed by atoms with Gasteiger partial charge in [0.2, 0.25) is 0 Å². The zero-order valence-corrected chi connectivity index (χ0v) is 11.1. The van der Waals surface area contributed by atoms with E-state index >= 15 is 0 Å². The third-order valence-electron chi connectivity index (χ3n) is 5.69. The van der Waals surface area contributed by atoms with Crippen molar-refractivity contribution in [3.63, 3.8) is 0 Å². The summed E-state index contributed by atoms with van der Waals surface area (Å²) in [7, 11) is 0. The van der Waals surface area contributed by atoms with Crippen LogP contribution in [0.4, 0.5) is 0 Å². The van der Waals surface area contributed by atoms with Gasteiger partial charge in [0.05, 0.1) is 12.0 Å². The average Bonchev–Trinajstić information content (AvgIpc) is 2.99. The van der Waals surface area contributed by atoms with Crippen molar-refractivity contribution >= 4 is 11.6 Å². The number of rotatable bonds is 1. The Labute approximate surface area is 107 Å². The summed E-state index contributed by atoms with van der Waals surface area (Å²) in [6.07, 6.45) is 1.04. The Morgan fingerprint density at radius 2 is 2.17 bits per heavy atom. The van der Waals surface area contributed by atoms with Crippen LogP contribution in [0.1, 0.15) is 40.0 Å². The van der Waals surface area contributed by atoms with Gasteiger partial charge in [0, 0.05) is 11.8 Å². The summed E-state index contributed by atoms with van der Waals surface area (Å²) in [5.41, 5.74) is -0.883. The maximum absolute atomic E-state index is 12.1. The van der Waals surface area contributed by atoms with Gasteiger partial charge in [-0.15, -0.1) is 0 Å². The summed E-state index contributed by atoms with van der Waals surface area (Å²) in [4.78, 5) is 24.1. The third-order valence-corrected chi connectivity index (χ3v) is 5.69. The highest BCUT2D eigenvalue weighted by Gasteiger charge is 2.77. The number of ether oxygens (including phenoxy) is 1. The van der Waals surface area contributed by atoms with Crippen LogP contribution in [0.15, 0.2) is 0 Å². The van der Waals surface area contributed by atoms with Crippen molar-refractivity contribution in [1.82, 2.24) is 0 Å². The van der Waals surface area contributed by atoms with E-state index in [0.717, 1.165) is 0 Å². The zero-order chi connectivity index (χ0) is 13.3. The second-order valence-corrected chi connectivity index (χ2v) is 6.42. The Morgan fingerprint density at radius 1 is 1.50 bits per heavy atom. The van der Waals surface area contributed by atoms with Crippen LogP contribution in [0.25, 0.3) is 0 Å². The van der Waals surface area contributed by atoms with Crippen molar-refractivity contribution < 1.29 is 19.4 Å². The van der Waals surface area contributed by atoms with E-state index in [2.05, 4.69) is 0 Å². The molecule has 1 spiro atoms. The van der Waals surface area contributed by atoms with Gasteiger partial charge in [0.15, 0.2) is 0 Å². The molecular formula is C14H20O4. The SMILES string of the molecule is CC(=O)[C@H]1C(=O)CC[C@]23O[C@H]2[C@@H](O)C[C@H](C)[C@@]13C. The van der Waals surface area contributed by atoms with Gasteiger partial charge >= 0.3 is 0 Å². The second-order valence-electron chi connectivity index (χ2n) is 6.42. The normalized spacial score (nSPS) is 54.6. The van der Waals surface area contributed by atoms with Gasteiger partial charge in [0.25, 0.3) is 0 Å². The van der Waals surface area contributed by atoms with Crippen molar-refractivity contribution in [2.24, 2.45) is 17.3 Å². The number of aliphatic hydroxyl groups is 1. The summed E-state index contributed by atoms with van der Waals surface area (Å²) >= 11 is 0. The van der Waals surface area contributed by atoms with Crippen molar-refractivity contribution in [2.45, 2.75) is 57.8 Å². The van der Waals surface area contributed by atoms with Crippen LogP contribution in [0.3, 0.4) is 0 Å². The molecule has 100 valence electrons. The van der Waals surface area contributed by atoms with Crippen LogP contribution < -0.4 is 0 Å². The number of epoxide rings is 1. The molecule has 0 aromatic carbocycles. The van der Waals surface area contributed by atoms with E-state index in [-0.39, 0.29) is 23.6 Å². The highest BCUT2D eigenvalue weighted by molar-refractivity contribution is 6.03. The Hall–Kier alpha value is -0.740. The minimum Gasteiger partial charge on any atom is -0.390 e. The smallest absolute Gasteiger partial charge is 0.144 e. The summed E-state index contributed by atoms with van der Waals surface area (Å²) in [5.74, 6) is -0.449. The molecule has 0 aromatic rings. The van der Waals surface area contributed by atoms with E-state index in [4.69, 9.17) is 4.74 Å². The molecule has 6 atom stereocenters. The molecule has 0 aromatic heterocycles. The van der Waals surface area contributed by atoms with Crippen LogP contribution in [0.2, 0.25) is 0 Å². The molecule has 4 nitrogen and oxygen atoms in total. The van der Waals surface area contributed by atoms with Gasteiger partial charge in [-0.1, -0.05) is 13.8 Å². The van der Waals surface area contributed by atoms with E-state index in [1.807, 2.05) is 13.8 Å². The van der Waals surface area contributed by atoms with Crippen molar-refractivity contribution in [3.05, 3.63) is 0 Å². The highest BCUT2D eigenvalue weighted by atomic mass is 16.6. The first-order valence-electron chi connectivity index (χ1n) is 6.73. The molecule has 1 saturated heterocycles. The van der Waals surface area contributed by atoms with Gasteiger partial charge in [-0.2, -0.15) is 0 Å². The molecule has 3 rings (SSSR count). The molecule has 4 heteroatoms. The number of ketones is 2. The van der Waals surface area contributed by atoms with Crippen molar-refractivity contribution in [3.8, 4) is 0 Å². The molecule has 3 aliphatic rings. The van der Waals surface area contributed by atoms with E-state index in [1.54, 1.807) is 0 Å². The quantitative estimate of drug-likeness (QED) is 0.560. The minimum absolute atomic E-state index is 0.0492. The van der Waals surface area contributed by atoms with Gasteiger partial charge < -0.3 is 9.84 Å². The fourth-order valence-electron chi connectivity index (χ4n) is 4.60. The van der Waals surface area contributed by atoms with Crippen molar-refractivity contribution in [1.29, 1.82) is 0 Å². The number of Topliss-reactive ketones (excluding diaryl/α,β-unsaturated/α-hetero) is 2. The maximum atomic E-state index is 12.1. The Kier molecular flexibility index (Phi) is 2.34. The number of hydrogen-bond donors (Lipinski definition) is 1. The van der Waals surface area contributed by atoms with Crippen LogP contribution >= 0.6 is 0 Å². The van der Waals surface area contributed by atoms with Gasteiger partial charge in [-0.25, -0.2) is 0 Å². The Balaban J connectivity index is 2.08. The lowest BCUT2D eigenvalue weighted by molar-refractivity contribution is -0.151. The predicted octanol–water partition coefficient (Wildman–Crippen LogP) is 1.10. The Morgan fingerprint density at radius 3 is 2.78 bits per heavy atom. The molecule has 0 amide bonds. The first-order chi connectivity index (χ1) is 8.34. The maximum Gasteiger partial charge on any atom is 0.144 e. The molecule has 1 N–H and O–H groups in total. The van der Waals surface area contributed by atoms with Gasteiger partial charge in [-0.05, 0) is 25.7 Å². The summed E-state index contributed by atoms with van der Waals surface area (Å²) in [6, 6.07) is 0. The molecule has 3 fully saturated rings. The highest BCUT2D eigenvalue weighted by Crippen LogP contribution is 2.67. The minimum atomic E-state index is -0.557. The standard InChI is InChI=1S/C14H20O4/c1-7-6-10(17)12-14(18-12)5-4-9(16)11(8(2)15)13(7,14)3/h7,10-12,17H,4-6H2,1-3H3/t7-,10-,11-,12-,13-,14-/m0/s1. The summed E-state index contributed by atoms with van der Waals surface area (Å²) in [5, 5.41) is 10.0. The molecule has 0 bridgehead atoms. The fraction of sp³-hybridized carbons (Fsp3) is 0.857. The lowest BCUT2D eigenvalue weighted by Crippen LogP contribution is -2.60. The van der Waals surface area contributed by atoms with E-state index in [1.165, 1.54) is 6.92 Å². The van der Waals surface area contributed by atoms with E-state index in [0.29, 0.717) is 19.3 Å². The van der Waals surface area contributed by atoms with Gasteiger partial charge in [-0.3, -0.25) is 9.59 Å². The fourth-order valence-corrected chi connectivity index (χ4v) is 4.60. The topological polar surface area (TPSA) is 66.9 Å².